The zero-order chi connectivity index (χ0) is 14.6. The number of nitrogens with one attached hydrogen (secondary N) is 1. The first-order valence-electron chi connectivity index (χ1n) is 5.96. The van der Waals surface area contributed by atoms with Crippen LogP contribution in [0, 0.1) is 11.7 Å². The molecule has 0 aliphatic carbocycles. The topological polar surface area (TPSA) is 92.4 Å². The van der Waals surface area contributed by atoms with E-state index in [1.807, 2.05) is 13.8 Å². The first-order valence-corrected chi connectivity index (χ1v) is 5.96. The Morgan fingerprint density at radius 3 is 2.63 bits per heavy atom. The van der Waals surface area contributed by atoms with E-state index in [1.165, 1.54) is 12.1 Å². The quantitative estimate of drug-likeness (QED) is 0.759. The lowest BCUT2D eigenvalue weighted by molar-refractivity contribution is -0.118. The normalized spacial score (nSPS) is 13.7. The van der Waals surface area contributed by atoms with E-state index >= 15 is 0 Å². The average Bonchev–Trinajstić information content (AvgIpc) is 2.36. The van der Waals surface area contributed by atoms with Crippen molar-refractivity contribution in [3.8, 4) is 0 Å². The van der Waals surface area contributed by atoms with Gasteiger partial charge in [-0.1, -0.05) is 26.3 Å². The molecule has 0 fully saturated rings. The van der Waals surface area contributed by atoms with Gasteiger partial charge in [0.05, 0.1) is 11.7 Å². The first-order chi connectivity index (χ1) is 8.88. The molecule has 6 heteroatoms. The molecule has 0 heterocycles. The van der Waals surface area contributed by atoms with Gasteiger partial charge >= 0.3 is 5.97 Å². The van der Waals surface area contributed by atoms with Crippen LogP contribution in [0.1, 0.15) is 30.6 Å². The van der Waals surface area contributed by atoms with Gasteiger partial charge in [0, 0.05) is 0 Å². The Morgan fingerprint density at radius 1 is 1.47 bits per heavy atom. The number of hydrogen-bond acceptors (Lipinski definition) is 3. The number of carbonyl (C=O) groups excluding carboxylic acids is 1. The van der Waals surface area contributed by atoms with Gasteiger partial charge in [0.2, 0.25) is 5.91 Å². The molecule has 19 heavy (non-hydrogen) atoms. The largest absolute Gasteiger partial charge is 0.478 e. The van der Waals surface area contributed by atoms with Gasteiger partial charge in [0.25, 0.3) is 0 Å². The molecule has 1 rings (SSSR count). The maximum Gasteiger partial charge on any atom is 0.340 e. The van der Waals surface area contributed by atoms with E-state index in [9.17, 15) is 14.0 Å². The van der Waals surface area contributed by atoms with Crippen LogP contribution in [0.15, 0.2) is 18.2 Å². The van der Waals surface area contributed by atoms with Crippen LogP contribution in [0.5, 0.6) is 0 Å². The second kappa shape index (κ2) is 6.29. The number of hydrogen-bond donors (Lipinski definition) is 3. The lowest BCUT2D eigenvalue weighted by Crippen LogP contribution is -2.40. The number of aromatic carboxylic acids is 1. The molecule has 1 amide bonds. The van der Waals surface area contributed by atoms with Crippen LogP contribution < -0.4 is 11.1 Å². The molecule has 0 saturated carbocycles. The number of carboxylic acid groups (broad SMARTS) is 1. The fourth-order valence-corrected chi connectivity index (χ4v) is 1.57. The van der Waals surface area contributed by atoms with Crippen LogP contribution in [0.25, 0.3) is 0 Å². The smallest absolute Gasteiger partial charge is 0.340 e. The Kier molecular flexibility index (Phi) is 5.00. The van der Waals surface area contributed by atoms with Crippen molar-refractivity contribution in [3.05, 3.63) is 29.6 Å². The predicted molar refractivity (Wildman–Crippen MR) is 69.4 cm³/mol. The zero-order valence-corrected chi connectivity index (χ0v) is 10.8. The molecule has 0 bridgehead atoms. The molecular weight excluding hydrogens is 251 g/mol. The molecule has 0 radical (unpaired) electrons. The molecular formula is C13H17FN2O3. The summed E-state index contributed by atoms with van der Waals surface area (Å²) >= 11 is 0. The van der Waals surface area contributed by atoms with Crippen molar-refractivity contribution in [1.29, 1.82) is 0 Å². The van der Waals surface area contributed by atoms with Crippen LogP contribution in [-0.2, 0) is 4.79 Å². The molecule has 2 unspecified atom stereocenters. The van der Waals surface area contributed by atoms with Crippen molar-refractivity contribution in [3.63, 3.8) is 0 Å². The lowest BCUT2D eigenvalue weighted by atomic mass is 9.99. The summed E-state index contributed by atoms with van der Waals surface area (Å²) in [5.41, 5.74) is 5.08. The van der Waals surface area contributed by atoms with Gasteiger partial charge in [-0.3, -0.25) is 4.79 Å². The van der Waals surface area contributed by atoms with Crippen LogP contribution in [-0.4, -0.2) is 23.0 Å². The molecule has 0 spiro atoms. The van der Waals surface area contributed by atoms with E-state index in [2.05, 4.69) is 5.32 Å². The Bertz CT molecular complexity index is 491. The third kappa shape index (κ3) is 3.51. The van der Waals surface area contributed by atoms with Crippen LogP contribution in [0.3, 0.4) is 0 Å². The van der Waals surface area contributed by atoms with Gasteiger partial charge < -0.3 is 16.2 Å². The fourth-order valence-electron chi connectivity index (χ4n) is 1.57. The van der Waals surface area contributed by atoms with E-state index in [0.717, 1.165) is 6.07 Å². The number of amides is 1. The fraction of sp³-hybridized carbons (Fsp3) is 0.385. The van der Waals surface area contributed by atoms with Gasteiger partial charge in [-0.15, -0.1) is 0 Å². The first kappa shape index (κ1) is 15.1. The highest BCUT2D eigenvalue weighted by Crippen LogP contribution is 2.19. The van der Waals surface area contributed by atoms with Crippen molar-refractivity contribution >= 4 is 17.6 Å². The maximum atomic E-state index is 13.4. The third-order valence-electron chi connectivity index (χ3n) is 3.05. The SMILES string of the molecule is CCC(C)C(N)C(=O)Nc1cccc(F)c1C(=O)O. The van der Waals surface area contributed by atoms with Crippen molar-refractivity contribution < 1.29 is 19.1 Å². The Morgan fingerprint density at radius 2 is 2.11 bits per heavy atom. The molecule has 4 N–H and O–H groups in total. The summed E-state index contributed by atoms with van der Waals surface area (Å²) in [6.07, 6.45) is 0.712. The highest BCUT2D eigenvalue weighted by Gasteiger charge is 2.22. The molecule has 0 aliphatic heterocycles. The molecule has 1 aromatic carbocycles. The highest BCUT2D eigenvalue weighted by atomic mass is 19.1. The van der Waals surface area contributed by atoms with Gasteiger partial charge in [0.1, 0.15) is 11.4 Å². The number of nitrogens with two attached hydrogens (primary N) is 1. The average molecular weight is 268 g/mol. The summed E-state index contributed by atoms with van der Waals surface area (Å²) in [6.45, 7) is 3.70. The summed E-state index contributed by atoms with van der Waals surface area (Å²) < 4.78 is 13.4. The Balaban J connectivity index is 2.97. The van der Waals surface area contributed by atoms with Gasteiger partial charge in [0.15, 0.2) is 0 Å². The summed E-state index contributed by atoms with van der Waals surface area (Å²) in [7, 11) is 0. The highest BCUT2D eigenvalue weighted by molar-refractivity contribution is 6.02. The molecule has 0 aromatic heterocycles. The second-order valence-corrected chi connectivity index (χ2v) is 4.37. The number of anilines is 1. The standard InChI is InChI=1S/C13H17FN2O3/c1-3-7(2)11(15)12(17)16-9-6-4-5-8(14)10(9)13(18)19/h4-7,11H,3,15H2,1-2H3,(H,16,17)(H,18,19). The van der Waals surface area contributed by atoms with Crippen molar-refractivity contribution in [2.45, 2.75) is 26.3 Å². The Labute approximate surface area is 110 Å². The minimum atomic E-state index is -1.44. The third-order valence-corrected chi connectivity index (χ3v) is 3.05. The van der Waals surface area contributed by atoms with Crippen molar-refractivity contribution in [2.75, 3.05) is 5.32 Å². The number of carbonyl (C=O) groups is 2. The Hall–Kier alpha value is -1.95. The van der Waals surface area contributed by atoms with Crippen LogP contribution in [0.4, 0.5) is 10.1 Å². The summed E-state index contributed by atoms with van der Waals surface area (Å²) in [5, 5.41) is 11.3. The molecule has 0 aliphatic rings. The number of rotatable bonds is 5. The number of carboxylic acids is 1. The van der Waals surface area contributed by atoms with Crippen LogP contribution in [0.2, 0.25) is 0 Å². The van der Waals surface area contributed by atoms with Gasteiger partial charge in [-0.2, -0.15) is 0 Å². The summed E-state index contributed by atoms with van der Waals surface area (Å²) in [4.78, 5) is 22.8. The minimum absolute atomic E-state index is 0.0539. The van der Waals surface area contributed by atoms with Gasteiger partial charge in [-0.05, 0) is 18.1 Å². The van der Waals surface area contributed by atoms with E-state index < -0.39 is 29.3 Å². The van der Waals surface area contributed by atoms with Crippen molar-refractivity contribution in [2.24, 2.45) is 11.7 Å². The maximum absolute atomic E-state index is 13.4. The monoisotopic (exact) mass is 268 g/mol. The molecule has 104 valence electrons. The van der Waals surface area contributed by atoms with E-state index in [4.69, 9.17) is 10.8 Å². The number of halogens is 1. The molecule has 5 nitrogen and oxygen atoms in total. The van der Waals surface area contributed by atoms with E-state index in [1.54, 1.807) is 0 Å². The van der Waals surface area contributed by atoms with E-state index in [0.29, 0.717) is 6.42 Å². The number of benzene rings is 1. The zero-order valence-electron chi connectivity index (χ0n) is 10.8. The molecule has 1 aromatic rings. The molecule has 2 atom stereocenters. The van der Waals surface area contributed by atoms with Gasteiger partial charge in [-0.25, -0.2) is 9.18 Å². The lowest BCUT2D eigenvalue weighted by Gasteiger charge is -2.18. The summed E-state index contributed by atoms with van der Waals surface area (Å²) in [5.74, 6) is -2.92. The second-order valence-electron chi connectivity index (χ2n) is 4.37. The predicted octanol–water partition coefficient (Wildman–Crippen LogP) is 1.84. The molecule has 0 saturated heterocycles. The summed E-state index contributed by atoms with van der Waals surface area (Å²) in [6, 6.07) is 2.91. The minimum Gasteiger partial charge on any atom is -0.478 e. The van der Waals surface area contributed by atoms with E-state index in [-0.39, 0.29) is 11.6 Å². The van der Waals surface area contributed by atoms with Crippen LogP contribution >= 0.6 is 0 Å². The van der Waals surface area contributed by atoms with Crippen molar-refractivity contribution in [1.82, 2.24) is 0 Å².